The van der Waals surface area contributed by atoms with Gasteiger partial charge in [0, 0.05) is 17.6 Å². The van der Waals surface area contributed by atoms with Crippen molar-refractivity contribution in [1.82, 2.24) is 0 Å². The third-order valence-corrected chi connectivity index (χ3v) is 2.98. The predicted octanol–water partition coefficient (Wildman–Crippen LogP) is 4.26. The van der Waals surface area contributed by atoms with Crippen molar-refractivity contribution in [3.8, 4) is 5.75 Å². The molecule has 0 atom stereocenters. The maximum Gasteiger partial charge on any atom is 0.143 e. The van der Waals surface area contributed by atoms with Crippen LogP contribution < -0.4 is 10.1 Å². The molecule has 16 heavy (non-hydrogen) atoms. The summed E-state index contributed by atoms with van der Waals surface area (Å²) >= 11 is 6.04. The Kier molecular flexibility index (Phi) is 5.47. The van der Waals surface area contributed by atoms with Crippen LogP contribution in [-0.2, 0) is 0 Å². The monoisotopic (exact) mass is 241 g/mol. The van der Waals surface area contributed by atoms with Crippen LogP contribution in [0.25, 0.3) is 0 Å². The molecular formula is C13H20ClNO. The molecule has 0 spiro atoms. The van der Waals surface area contributed by atoms with Gasteiger partial charge in [0.25, 0.3) is 0 Å². The molecule has 1 aromatic rings. The number of benzene rings is 1. The van der Waals surface area contributed by atoms with Gasteiger partial charge in [-0.05, 0) is 25.0 Å². The molecule has 1 aromatic carbocycles. The fourth-order valence-corrected chi connectivity index (χ4v) is 1.72. The largest absolute Gasteiger partial charge is 0.495 e. The fourth-order valence-electron chi connectivity index (χ4n) is 1.57. The first-order chi connectivity index (χ1) is 7.69. The Morgan fingerprint density at radius 1 is 1.31 bits per heavy atom. The summed E-state index contributed by atoms with van der Waals surface area (Å²) in [6.45, 7) is 5.18. The number of hydrogen-bond donors (Lipinski definition) is 1. The van der Waals surface area contributed by atoms with Crippen molar-refractivity contribution in [2.24, 2.45) is 0 Å². The summed E-state index contributed by atoms with van der Waals surface area (Å²) in [6.07, 6.45) is 3.67. The number of nitrogens with one attached hydrogen (secondary N) is 1. The van der Waals surface area contributed by atoms with Crippen LogP contribution in [0.15, 0.2) is 12.1 Å². The molecule has 2 nitrogen and oxygen atoms in total. The number of rotatable bonds is 6. The molecule has 3 heteroatoms. The number of ether oxygens (including phenoxy) is 1. The predicted molar refractivity (Wildman–Crippen MR) is 70.8 cm³/mol. The molecule has 0 aromatic heterocycles. The Morgan fingerprint density at radius 2 is 2.06 bits per heavy atom. The number of unbranched alkanes of at least 4 members (excludes halogenated alkanes) is 2. The summed E-state index contributed by atoms with van der Waals surface area (Å²) in [6, 6.07) is 3.89. The van der Waals surface area contributed by atoms with Gasteiger partial charge in [-0.25, -0.2) is 0 Å². The van der Waals surface area contributed by atoms with E-state index in [1.54, 1.807) is 7.11 Å². The van der Waals surface area contributed by atoms with E-state index in [-0.39, 0.29) is 0 Å². The van der Waals surface area contributed by atoms with Gasteiger partial charge < -0.3 is 10.1 Å². The van der Waals surface area contributed by atoms with E-state index in [1.807, 2.05) is 19.1 Å². The van der Waals surface area contributed by atoms with Crippen molar-refractivity contribution in [1.29, 1.82) is 0 Å². The van der Waals surface area contributed by atoms with Gasteiger partial charge in [-0.2, -0.15) is 0 Å². The van der Waals surface area contributed by atoms with Crippen molar-refractivity contribution >= 4 is 17.3 Å². The summed E-state index contributed by atoms with van der Waals surface area (Å²) in [5.74, 6) is 0.812. The summed E-state index contributed by atoms with van der Waals surface area (Å²) < 4.78 is 5.29. The summed E-state index contributed by atoms with van der Waals surface area (Å²) in [4.78, 5) is 0. The molecule has 0 aliphatic carbocycles. The molecule has 0 aliphatic rings. The zero-order valence-electron chi connectivity index (χ0n) is 10.3. The Morgan fingerprint density at radius 3 is 2.69 bits per heavy atom. The van der Waals surface area contributed by atoms with Gasteiger partial charge in [-0.15, -0.1) is 0 Å². The highest BCUT2D eigenvalue weighted by Gasteiger charge is 2.05. The number of methoxy groups -OCH3 is 1. The van der Waals surface area contributed by atoms with Crippen LogP contribution in [0.1, 0.15) is 31.7 Å². The minimum Gasteiger partial charge on any atom is -0.495 e. The van der Waals surface area contributed by atoms with Crippen molar-refractivity contribution in [3.63, 3.8) is 0 Å². The smallest absolute Gasteiger partial charge is 0.143 e. The van der Waals surface area contributed by atoms with Crippen LogP contribution in [-0.4, -0.2) is 13.7 Å². The van der Waals surface area contributed by atoms with E-state index in [1.165, 1.54) is 19.3 Å². The standard InChI is InChI=1S/C13H20ClNO/c1-4-5-6-7-15-12-8-10(2)11(14)9-13(12)16-3/h8-9,15H,4-7H2,1-3H3. The third-order valence-electron chi connectivity index (χ3n) is 2.58. The lowest BCUT2D eigenvalue weighted by atomic mass is 10.2. The second-order valence-corrected chi connectivity index (χ2v) is 4.34. The molecule has 0 bridgehead atoms. The highest BCUT2D eigenvalue weighted by atomic mass is 35.5. The molecule has 1 N–H and O–H groups in total. The van der Waals surface area contributed by atoms with Gasteiger partial charge >= 0.3 is 0 Å². The Labute approximate surface area is 103 Å². The average Bonchev–Trinajstić information content (AvgIpc) is 2.28. The number of halogens is 1. The zero-order chi connectivity index (χ0) is 12.0. The maximum atomic E-state index is 6.04. The van der Waals surface area contributed by atoms with Gasteiger partial charge in [-0.3, -0.25) is 0 Å². The third kappa shape index (κ3) is 3.60. The topological polar surface area (TPSA) is 21.3 Å². The number of aryl methyl sites for hydroxylation is 1. The van der Waals surface area contributed by atoms with E-state index in [2.05, 4.69) is 12.2 Å². The van der Waals surface area contributed by atoms with Crippen LogP contribution in [0.2, 0.25) is 5.02 Å². The van der Waals surface area contributed by atoms with Crippen LogP contribution in [0.5, 0.6) is 5.75 Å². The quantitative estimate of drug-likeness (QED) is 0.752. The van der Waals surface area contributed by atoms with E-state index in [0.29, 0.717) is 0 Å². The van der Waals surface area contributed by atoms with E-state index in [4.69, 9.17) is 16.3 Å². The number of anilines is 1. The fraction of sp³-hybridized carbons (Fsp3) is 0.538. The normalized spacial score (nSPS) is 10.2. The van der Waals surface area contributed by atoms with Crippen molar-refractivity contribution < 1.29 is 4.74 Å². The first-order valence-electron chi connectivity index (χ1n) is 5.77. The Bertz CT molecular complexity index is 339. The summed E-state index contributed by atoms with van der Waals surface area (Å²) in [7, 11) is 1.66. The highest BCUT2D eigenvalue weighted by Crippen LogP contribution is 2.30. The second-order valence-electron chi connectivity index (χ2n) is 3.94. The van der Waals surface area contributed by atoms with Gasteiger partial charge in [0.05, 0.1) is 12.8 Å². The molecule has 1 rings (SSSR count). The highest BCUT2D eigenvalue weighted by molar-refractivity contribution is 6.31. The molecule has 0 amide bonds. The van der Waals surface area contributed by atoms with Crippen molar-refractivity contribution in [3.05, 3.63) is 22.7 Å². The summed E-state index contributed by atoms with van der Waals surface area (Å²) in [5, 5.41) is 4.13. The first kappa shape index (κ1) is 13.2. The molecule has 0 aliphatic heterocycles. The Hall–Kier alpha value is -0.890. The van der Waals surface area contributed by atoms with Gasteiger partial charge in [-0.1, -0.05) is 31.4 Å². The second kappa shape index (κ2) is 6.64. The van der Waals surface area contributed by atoms with Crippen LogP contribution in [0.4, 0.5) is 5.69 Å². The lowest BCUT2D eigenvalue weighted by Crippen LogP contribution is -2.03. The molecular weight excluding hydrogens is 222 g/mol. The van der Waals surface area contributed by atoms with Crippen LogP contribution in [0, 0.1) is 6.92 Å². The summed E-state index contributed by atoms with van der Waals surface area (Å²) in [5.41, 5.74) is 2.10. The molecule has 0 saturated heterocycles. The molecule has 90 valence electrons. The minimum atomic E-state index is 0.746. The van der Waals surface area contributed by atoms with E-state index in [0.717, 1.165) is 28.6 Å². The molecule has 0 radical (unpaired) electrons. The van der Waals surface area contributed by atoms with E-state index in [9.17, 15) is 0 Å². The van der Waals surface area contributed by atoms with Crippen LogP contribution >= 0.6 is 11.6 Å². The van der Waals surface area contributed by atoms with E-state index < -0.39 is 0 Å². The van der Waals surface area contributed by atoms with Gasteiger partial charge in [0.15, 0.2) is 0 Å². The lowest BCUT2D eigenvalue weighted by molar-refractivity contribution is 0.416. The molecule has 0 unspecified atom stereocenters. The lowest BCUT2D eigenvalue weighted by Gasteiger charge is -2.12. The maximum absolute atomic E-state index is 6.04. The van der Waals surface area contributed by atoms with Gasteiger partial charge in [0.1, 0.15) is 5.75 Å². The molecule has 0 saturated carbocycles. The Balaban J connectivity index is 2.66. The SMILES string of the molecule is CCCCCNc1cc(C)c(Cl)cc1OC. The molecule has 0 fully saturated rings. The molecule has 0 heterocycles. The van der Waals surface area contributed by atoms with Crippen molar-refractivity contribution in [2.75, 3.05) is 19.0 Å². The van der Waals surface area contributed by atoms with Gasteiger partial charge in [0.2, 0.25) is 0 Å². The zero-order valence-corrected chi connectivity index (χ0v) is 11.0. The van der Waals surface area contributed by atoms with E-state index >= 15 is 0 Å². The number of hydrogen-bond acceptors (Lipinski definition) is 2. The average molecular weight is 242 g/mol. The minimum absolute atomic E-state index is 0.746. The first-order valence-corrected chi connectivity index (χ1v) is 6.14. The van der Waals surface area contributed by atoms with Crippen LogP contribution in [0.3, 0.4) is 0 Å². The van der Waals surface area contributed by atoms with Crippen molar-refractivity contribution in [2.45, 2.75) is 33.1 Å².